The lowest BCUT2D eigenvalue weighted by molar-refractivity contribution is -0.117. The fourth-order valence-electron chi connectivity index (χ4n) is 2.13. The highest BCUT2D eigenvalue weighted by molar-refractivity contribution is 6.31. The molecule has 0 aliphatic rings. The van der Waals surface area contributed by atoms with E-state index in [1.807, 2.05) is 32.0 Å². The van der Waals surface area contributed by atoms with Gasteiger partial charge in [-0.05, 0) is 49.6 Å². The number of fused-ring (bicyclic) bond motifs is 1. The molecule has 1 heterocycles. The Morgan fingerprint density at radius 3 is 2.72 bits per heavy atom. The topological polar surface area (TPSA) is 56.0 Å². The highest BCUT2D eigenvalue weighted by atomic mass is 35.5. The average Bonchev–Trinajstić information content (AvgIpc) is 2.27. The van der Waals surface area contributed by atoms with Crippen LogP contribution in [0.2, 0.25) is 5.02 Å². The zero-order valence-electron chi connectivity index (χ0n) is 10.5. The van der Waals surface area contributed by atoms with Gasteiger partial charge in [0.25, 0.3) is 0 Å². The minimum Gasteiger partial charge on any atom is -0.370 e. The third kappa shape index (κ3) is 2.62. The summed E-state index contributed by atoms with van der Waals surface area (Å²) >= 11 is 6.08. The molecule has 4 heteroatoms. The summed E-state index contributed by atoms with van der Waals surface area (Å²) in [6, 6.07) is 5.78. The minimum absolute atomic E-state index is 0.295. The van der Waals surface area contributed by atoms with Crippen molar-refractivity contribution in [2.24, 2.45) is 5.73 Å². The number of pyridine rings is 1. The highest BCUT2D eigenvalue weighted by Crippen LogP contribution is 2.26. The monoisotopic (exact) mass is 262 g/mol. The number of carbonyl (C=O) groups excluding carboxylic acids is 1. The fraction of sp³-hybridized carbons (Fsp3) is 0.286. The molecule has 3 nitrogen and oxygen atoms in total. The molecule has 0 atom stereocenters. The normalized spacial score (nSPS) is 10.8. The number of aryl methyl sites for hydroxylation is 3. The third-order valence-electron chi connectivity index (χ3n) is 2.92. The van der Waals surface area contributed by atoms with Gasteiger partial charge in [-0.25, -0.2) is 0 Å². The number of aromatic nitrogens is 1. The van der Waals surface area contributed by atoms with Gasteiger partial charge in [-0.3, -0.25) is 9.78 Å². The zero-order valence-corrected chi connectivity index (χ0v) is 11.2. The molecule has 0 bridgehead atoms. The number of halogens is 1. The summed E-state index contributed by atoms with van der Waals surface area (Å²) in [5.41, 5.74) is 9.20. The largest absolute Gasteiger partial charge is 0.370 e. The lowest BCUT2D eigenvalue weighted by Gasteiger charge is -2.09. The van der Waals surface area contributed by atoms with Crippen LogP contribution in [-0.2, 0) is 11.2 Å². The second-order valence-electron chi connectivity index (χ2n) is 4.51. The van der Waals surface area contributed by atoms with Crippen molar-refractivity contribution in [3.8, 4) is 0 Å². The Kier molecular flexibility index (Phi) is 3.53. The minimum atomic E-state index is -0.295. The molecule has 0 saturated carbocycles. The zero-order chi connectivity index (χ0) is 13.3. The van der Waals surface area contributed by atoms with Crippen LogP contribution in [-0.4, -0.2) is 10.9 Å². The van der Waals surface area contributed by atoms with Crippen molar-refractivity contribution < 1.29 is 4.79 Å². The Labute approximate surface area is 111 Å². The highest BCUT2D eigenvalue weighted by Gasteiger charge is 2.08. The van der Waals surface area contributed by atoms with Crippen molar-refractivity contribution in [1.29, 1.82) is 0 Å². The van der Waals surface area contributed by atoms with E-state index in [0.717, 1.165) is 27.7 Å². The summed E-state index contributed by atoms with van der Waals surface area (Å²) in [5.74, 6) is -0.295. The lowest BCUT2D eigenvalue weighted by Crippen LogP contribution is -2.11. The maximum absolute atomic E-state index is 10.9. The number of hydrogen-bond acceptors (Lipinski definition) is 2. The van der Waals surface area contributed by atoms with Crippen molar-refractivity contribution >= 4 is 28.4 Å². The van der Waals surface area contributed by atoms with E-state index >= 15 is 0 Å². The molecule has 94 valence electrons. The number of nitrogens with two attached hydrogens (primary N) is 1. The smallest absolute Gasteiger partial charge is 0.217 e. The van der Waals surface area contributed by atoms with Crippen LogP contribution >= 0.6 is 11.6 Å². The van der Waals surface area contributed by atoms with E-state index < -0.39 is 0 Å². The number of carbonyl (C=O) groups is 1. The molecule has 0 radical (unpaired) electrons. The molecule has 2 rings (SSSR count). The van der Waals surface area contributed by atoms with Crippen LogP contribution in [0.3, 0.4) is 0 Å². The first-order valence-corrected chi connectivity index (χ1v) is 6.20. The Bertz CT molecular complexity index is 623. The molecule has 0 aliphatic carbocycles. The van der Waals surface area contributed by atoms with Crippen LogP contribution in [0.1, 0.15) is 23.2 Å². The second kappa shape index (κ2) is 4.94. The molecule has 0 saturated heterocycles. The summed E-state index contributed by atoms with van der Waals surface area (Å²) in [4.78, 5) is 15.4. The van der Waals surface area contributed by atoms with Gasteiger partial charge < -0.3 is 5.73 Å². The van der Waals surface area contributed by atoms with Crippen LogP contribution in [0.5, 0.6) is 0 Å². The first kappa shape index (κ1) is 12.8. The van der Waals surface area contributed by atoms with E-state index in [1.54, 1.807) is 0 Å². The Balaban J connectivity index is 2.60. The molecule has 0 spiro atoms. The number of hydrogen-bond donors (Lipinski definition) is 1. The number of nitrogens with zero attached hydrogens (tertiary/aromatic N) is 1. The molecule has 2 N–H and O–H groups in total. The van der Waals surface area contributed by atoms with Gasteiger partial charge in [-0.15, -0.1) is 0 Å². The van der Waals surface area contributed by atoms with Gasteiger partial charge in [0.1, 0.15) is 0 Å². The van der Waals surface area contributed by atoms with Crippen LogP contribution < -0.4 is 5.73 Å². The Morgan fingerprint density at radius 1 is 1.33 bits per heavy atom. The van der Waals surface area contributed by atoms with Gasteiger partial charge in [0.15, 0.2) is 0 Å². The number of primary amides is 1. The molecule has 1 aromatic carbocycles. The SMILES string of the molecule is Cc1cc(CCC(N)=O)c2cc(Cl)cc(C)c2n1. The molecule has 2 aromatic rings. The summed E-state index contributed by atoms with van der Waals surface area (Å²) < 4.78 is 0. The van der Waals surface area contributed by atoms with Gasteiger partial charge in [0.05, 0.1) is 5.52 Å². The van der Waals surface area contributed by atoms with Crippen molar-refractivity contribution in [3.05, 3.63) is 40.0 Å². The van der Waals surface area contributed by atoms with E-state index in [2.05, 4.69) is 4.98 Å². The van der Waals surface area contributed by atoms with Gasteiger partial charge in [0, 0.05) is 22.5 Å². The van der Waals surface area contributed by atoms with E-state index in [4.69, 9.17) is 17.3 Å². The summed E-state index contributed by atoms with van der Waals surface area (Å²) in [6.45, 7) is 3.93. The Morgan fingerprint density at radius 2 is 2.06 bits per heavy atom. The van der Waals surface area contributed by atoms with Gasteiger partial charge >= 0.3 is 0 Å². The predicted molar refractivity (Wildman–Crippen MR) is 73.7 cm³/mol. The number of rotatable bonds is 3. The van der Waals surface area contributed by atoms with Crippen LogP contribution in [0.25, 0.3) is 10.9 Å². The molecule has 1 amide bonds. The average molecular weight is 263 g/mol. The number of benzene rings is 1. The summed E-state index contributed by atoms with van der Waals surface area (Å²) in [6.07, 6.45) is 0.957. The summed E-state index contributed by atoms with van der Waals surface area (Å²) in [5, 5.41) is 1.69. The third-order valence-corrected chi connectivity index (χ3v) is 3.14. The van der Waals surface area contributed by atoms with Crippen molar-refractivity contribution in [1.82, 2.24) is 4.98 Å². The van der Waals surface area contributed by atoms with Crippen molar-refractivity contribution in [2.75, 3.05) is 0 Å². The first-order valence-electron chi connectivity index (χ1n) is 5.82. The van der Waals surface area contributed by atoms with Crippen LogP contribution in [0.4, 0.5) is 0 Å². The molecule has 0 unspecified atom stereocenters. The van der Waals surface area contributed by atoms with E-state index in [1.165, 1.54) is 0 Å². The molecule has 0 fully saturated rings. The fourth-order valence-corrected chi connectivity index (χ4v) is 2.40. The molecule has 1 aromatic heterocycles. The molecular weight excluding hydrogens is 248 g/mol. The van der Waals surface area contributed by atoms with Crippen molar-refractivity contribution in [3.63, 3.8) is 0 Å². The molecule has 18 heavy (non-hydrogen) atoms. The van der Waals surface area contributed by atoms with Gasteiger partial charge in [0.2, 0.25) is 5.91 Å². The lowest BCUT2D eigenvalue weighted by atomic mass is 10.0. The quantitative estimate of drug-likeness (QED) is 0.925. The Hall–Kier alpha value is -1.61. The van der Waals surface area contributed by atoms with Gasteiger partial charge in [-0.2, -0.15) is 0 Å². The summed E-state index contributed by atoms with van der Waals surface area (Å²) in [7, 11) is 0. The maximum atomic E-state index is 10.9. The van der Waals surface area contributed by atoms with Crippen LogP contribution in [0.15, 0.2) is 18.2 Å². The van der Waals surface area contributed by atoms with E-state index in [9.17, 15) is 4.79 Å². The molecule has 0 aliphatic heterocycles. The van der Waals surface area contributed by atoms with E-state index in [-0.39, 0.29) is 5.91 Å². The number of amides is 1. The maximum Gasteiger partial charge on any atom is 0.217 e. The standard InChI is InChI=1S/C14H15ClN2O/c1-8-5-11(15)7-12-10(3-4-13(16)18)6-9(2)17-14(8)12/h5-7H,3-4H2,1-2H3,(H2,16,18). The molecular formula is C14H15ClN2O. The van der Waals surface area contributed by atoms with E-state index in [0.29, 0.717) is 17.9 Å². The van der Waals surface area contributed by atoms with Crippen molar-refractivity contribution in [2.45, 2.75) is 26.7 Å². The predicted octanol–water partition coefficient (Wildman–Crippen LogP) is 2.92. The van der Waals surface area contributed by atoms with Gasteiger partial charge in [-0.1, -0.05) is 11.6 Å². The second-order valence-corrected chi connectivity index (χ2v) is 4.94. The van der Waals surface area contributed by atoms with Crippen LogP contribution in [0, 0.1) is 13.8 Å². The first-order chi connectivity index (χ1) is 8.47.